The smallest absolute Gasteiger partial charge is 0.185 e. The summed E-state index contributed by atoms with van der Waals surface area (Å²) in [6.45, 7) is -0.602. The summed E-state index contributed by atoms with van der Waals surface area (Å²) in [6.07, 6.45) is 0.807. The van der Waals surface area contributed by atoms with E-state index in [9.17, 15) is 61.3 Å². The quantitative estimate of drug-likeness (QED) is 0.0171. The van der Waals surface area contributed by atoms with Gasteiger partial charge in [0.25, 0.3) is 0 Å². The van der Waals surface area contributed by atoms with Crippen LogP contribution in [0.1, 0.15) is 55.6 Å². The molecule has 0 aliphatic rings. The zero-order valence-corrected chi connectivity index (χ0v) is 54.0. The maximum Gasteiger partial charge on any atom is 0.185 e. The van der Waals surface area contributed by atoms with Gasteiger partial charge in [-0.3, -0.25) is 10.9 Å². The Bertz CT molecular complexity index is 4850. The third kappa shape index (κ3) is 14.5. The van der Waals surface area contributed by atoms with Crippen LogP contribution >= 0.6 is 24.4 Å². The first-order valence-corrected chi connectivity index (χ1v) is 32.0. The second-order valence-electron chi connectivity index (χ2n) is 23.4. The van der Waals surface area contributed by atoms with Gasteiger partial charge in [0, 0.05) is 99.5 Å². The van der Waals surface area contributed by atoms with Crippen molar-refractivity contribution in [2.24, 2.45) is 0 Å². The Balaban J connectivity index is 0.000000195. The number of phenols is 6. The van der Waals surface area contributed by atoms with Crippen LogP contribution in [0.3, 0.4) is 0 Å². The largest absolute Gasteiger partial charge is 0.507 e. The molecule has 0 spiro atoms. The van der Waals surface area contributed by atoms with Gasteiger partial charge in [0.15, 0.2) is 10.2 Å². The van der Waals surface area contributed by atoms with Gasteiger partial charge in [0.05, 0.1) is 26.3 Å². The molecular weight excluding hydrogens is 1250 g/mol. The summed E-state index contributed by atoms with van der Waals surface area (Å²) < 4.78 is 0. The SMILES string of the molecule is OCCc1cc(CN(Cc2cc(CO)c(O)c3ccccc23)NC(=S)N(CO)Cc2ccc3ccccc3c2O)c(O)c2ccccc12.OCCc1cc(CN(Cc2ccc(O)c3ccccc23)NC(=S)N(CO)Cc2cc(CO)c3ccccc3c2O)c(O)c2ccccc12. The molecular formula is C76H74N6O12S2. The van der Waals surface area contributed by atoms with E-state index >= 15 is 0 Å². The minimum atomic E-state index is -0.468. The summed E-state index contributed by atoms with van der Waals surface area (Å²) in [7, 11) is 0. The van der Waals surface area contributed by atoms with Gasteiger partial charge in [-0.05, 0) is 116 Å². The van der Waals surface area contributed by atoms with Crippen LogP contribution in [0.25, 0.3) is 64.6 Å². The number of benzene rings is 12. The number of hydrogen-bond donors (Lipinski definition) is 14. The first-order chi connectivity index (χ1) is 46.6. The molecule has 0 saturated carbocycles. The summed E-state index contributed by atoms with van der Waals surface area (Å²) in [4.78, 5) is 3.00. The van der Waals surface area contributed by atoms with E-state index in [1.54, 1.807) is 41.4 Å². The fourth-order valence-electron chi connectivity index (χ4n) is 12.6. The minimum absolute atomic E-state index is 0.00865. The van der Waals surface area contributed by atoms with Crippen LogP contribution in [-0.4, -0.2) is 118 Å². The van der Waals surface area contributed by atoms with Gasteiger partial charge >= 0.3 is 0 Å². The number of phenolic OH excluding ortho intramolecular Hbond substituents is 5. The monoisotopic (exact) mass is 1330 g/mol. The van der Waals surface area contributed by atoms with Crippen LogP contribution in [-0.2, 0) is 65.3 Å². The Morgan fingerprint density at radius 1 is 0.292 bits per heavy atom. The first kappa shape index (κ1) is 67.5. The van der Waals surface area contributed by atoms with Gasteiger partial charge < -0.3 is 71.1 Å². The maximum absolute atomic E-state index is 11.5. The van der Waals surface area contributed by atoms with E-state index < -0.39 is 13.5 Å². The van der Waals surface area contributed by atoms with E-state index in [0.29, 0.717) is 78.5 Å². The Morgan fingerprint density at radius 2 is 0.615 bits per heavy atom. The molecule has 0 heterocycles. The van der Waals surface area contributed by atoms with Crippen molar-refractivity contribution in [3.8, 4) is 34.5 Å². The zero-order valence-electron chi connectivity index (χ0n) is 52.3. The summed E-state index contributed by atoms with van der Waals surface area (Å²) in [5.74, 6) is 0.516. The third-order valence-electron chi connectivity index (χ3n) is 17.4. The van der Waals surface area contributed by atoms with Crippen molar-refractivity contribution in [1.82, 2.24) is 30.7 Å². The van der Waals surface area contributed by atoms with Gasteiger partial charge in [0.2, 0.25) is 0 Å². The molecule has 12 aromatic carbocycles. The highest BCUT2D eigenvalue weighted by molar-refractivity contribution is 7.80. The maximum atomic E-state index is 11.5. The van der Waals surface area contributed by atoms with Crippen LogP contribution in [0.4, 0.5) is 0 Å². The number of nitrogens with one attached hydrogen (secondary N) is 2. The van der Waals surface area contributed by atoms with Crippen LogP contribution in [0, 0.1) is 0 Å². The predicted molar refractivity (Wildman–Crippen MR) is 382 cm³/mol. The number of hydrogen-bond acceptors (Lipinski definition) is 16. The molecule has 18 nitrogen and oxygen atoms in total. The molecule has 96 heavy (non-hydrogen) atoms. The molecule has 0 aliphatic carbocycles. The molecule has 0 aromatic heterocycles. The molecule has 20 heteroatoms. The van der Waals surface area contributed by atoms with Gasteiger partial charge in [-0.15, -0.1) is 0 Å². The van der Waals surface area contributed by atoms with E-state index in [1.807, 2.05) is 163 Å². The lowest BCUT2D eigenvalue weighted by atomic mass is 9.97. The number of aliphatic hydroxyl groups excluding tert-OH is 6. The van der Waals surface area contributed by atoms with Crippen LogP contribution in [0.5, 0.6) is 34.5 Å². The van der Waals surface area contributed by atoms with Crippen molar-refractivity contribution in [2.45, 2.75) is 65.3 Å². The van der Waals surface area contributed by atoms with Crippen molar-refractivity contribution < 1.29 is 61.3 Å². The molecule has 12 rings (SSSR count). The second-order valence-corrected chi connectivity index (χ2v) is 24.2. The first-order valence-electron chi connectivity index (χ1n) is 31.2. The number of hydrazine groups is 2. The fraction of sp³-hybridized carbons (Fsp3) is 0.184. The molecule has 0 fully saturated rings. The Morgan fingerprint density at radius 3 is 1.07 bits per heavy atom. The molecule has 12 aromatic rings. The number of rotatable bonds is 22. The molecule has 0 aliphatic heterocycles. The predicted octanol–water partition coefficient (Wildman–Crippen LogP) is 11.1. The Hall–Kier alpha value is -9.94. The number of aromatic hydroxyl groups is 6. The van der Waals surface area contributed by atoms with Crippen LogP contribution < -0.4 is 10.9 Å². The summed E-state index contributed by atoms with van der Waals surface area (Å²) in [5, 5.41) is 140. The van der Waals surface area contributed by atoms with E-state index in [4.69, 9.17) is 24.4 Å². The van der Waals surface area contributed by atoms with Crippen molar-refractivity contribution in [3.63, 3.8) is 0 Å². The van der Waals surface area contributed by atoms with Crippen molar-refractivity contribution >= 4 is 99.3 Å². The third-order valence-corrected chi connectivity index (χ3v) is 18.1. The lowest BCUT2D eigenvalue weighted by molar-refractivity contribution is 0.143. The average molecular weight is 1330 g/mol. The molecule has 0 atom stereocenters. The molecule has 0 radical (unpaired) electrons. The van der Waals surface area contributed by atoms with E-state index in [0.717, 1.165) is 54.6 Å². The molecule has 0 bridgehead atoms. The summed E-state index contributed by atoms with van der Waals surface area (Å²) >= 11 is 11.6. The number of aliphatic hydroxyl groups is 6. The van der Waals surface area contributed by atoms with Gasteiger partial charge in [-0.25, -0.2) is 10.0 Å². The normalized spacial score (nSPS) is 11.5. The molecule has 492 valence electrons. The van der Waals surface area contributed by atoms with Gasteiger partial charge in [0.1, 0.15) is 48.0 Å². The highest BCUT2D eigenvalue weighted by Crippen LogP contribution is 2.39. The molecule has 0 unspecified atom stereocenters. The van der Waals surface area contributed by atoms with Crippen molar-refractivity contribution in [3.05, 3.63) is 250 Å². The topological polar surface area (TPSA) is 280 Å². The molecule has 0 amide bonds. The highest BCUT2D eigenvalue weighted by Gasteiger charge is 2.24. The standard InChI is InChI=1S/2C38H37N3O6S/c42-16-15-24-17-27(37(47)33-11-5-2-7-29(24)33)21-41(20-25-13-14-35(45)32-10-4-1-8-30(25)32)39-38(48)40(23-44)19-26-18-28(22-43)31-9-3-6-12-34(31)36(26)46;42-16-15-25-17-28(36(46)33-11-5-3-8-30(25)33)21-41(20-27-18-29(22-43)37(47)34-12-6-4-9-31(27)34)39-38(48)40(23-44)19-26-14-13-24-7-1-2-10-32(24)35(26)45/h2*1-14,17-18,42-47H,15-16,19-23H2,(H,39,48). The van der Waals surface area contributed by atoms with Crippen LogP contribution in [0.2, 0.25) is 0 Å². The van der Waals surface area contributed by atoms with Crippen molar-refractivity contribution in [1.29, 1.82) is 0 Å². The molecule has 0 saturated heterocycles. The zero-order chi connectivity index (χ0) is 67.6. The molecule has 14 N–H and O–H groups in total. The van der Waals surface area contributed by atoms with Gasteiger partial charge in [-0.2, -0.15) is 0 Å². The van der Waals surface area contributed by atoms with E-state index in [1.165, 1.54) is 9.80 Å². The summed E-state index contributed by atoms with van der Waals surface area (Å²) in [6, 6.07) is 59.0. The van der Waals surface area contributed by atoms with E-state index in [2.05, 4.69) is 10.9 Å². The number of nitrogens with zero attached hydrogens (tertiary/aromatic N) is 4. The Kier molecular flexibility index (Phi) is 21.5. The Labute approximate surface area is 564 Å². The van der Waals surface area contributed by atoms with Gasteiger partial charge in [-0.1, -0.05) is 176 Å². The minimum Gasteiger partial charge on any atom is -0.507 e. The fourth-order valence-corrected chi connectivity index (χ4v) is 13.1. The average Bonchev–Trinajstić information content (AvgIpc) is 0.815. The highest BCUT2D eigenvalue weighted by atomic mass is 32.1. The lowest BCUT2D eigenvalue weighted by Crippen LogP contribution is -2.48. The van der Waals surface area contributed by atoms with E-state index in [-0.39, 0.29) is 110 Å². The summed E-state index contributed by atoms with van der Waals surface area (Å²) in [5.41, 5.74) is 13.2. The number of fused-ring (bicyclic) bond motifs is 6. The second kappa shape index (κ2) is 30.6. The van der Waals surface area contributed by atoms with Crippen LogP contribution in [0.15, 0.2) is 194 Å². The van der Waals surface area contributed by atoms with Crippen molar-refractivity contribution in [2.75, 3.05) is 26.7 Å². The number of thiocarbonyl (C=S) groups is 2. The lowest BCUT2D eigenvalue weighted by Gasteiger charge is -2.31.